The van der Waals surface area contributed by atoms with E-state index in [1.54, 1.807) is 14.7 Å². The highest BCUT2D eigenvalue weighted by atomic mass is 16.2. The van der Waals surface area contributed by atoms with Gasteiger partial charge in [0.2, 0.25) is 17.7 Å². The fourth-order valence-electron chi connectivity index (χ4n) is 2.11. The van der Waals surface area contributed by atoms with Crippen molar-refractivity contribution in [2.45, 2.75) is 0 Å². The van der Waals surface area contributed by atoms with Gasteiger partial charge in [0, 0.05) is 39.3 Å². The van der Waals surface area contributed by atoms with Gasteiger partial charge >= 0.3 is 0 Å². The van der Waals surface area contributed by atoms with Crippen LogP contribution in [0.3, 0.4) is 0 Å². The van der Waals surface area contributed by atoms with Gasteiger partial charge in [0.05, 0.1) is 0 Å². The van der Waals surface area contributed by atoms with Gasteiger partial charge in [-0.15, -0.1) is 0 Å². The van der Waals surface area contributed by atoms with Gasteiger partial charge in [0.1, 0.15) is 0 Å². The summed E-state index contributed by atoms with van der Waals surface area (Å²) < 4.78 is 0. The molecule has 1 fully saturated rings. The zero-order chi connectivity index (χ0) is 15.8. The van der Waals surface area contributed by atoms with Crippen LogP contribution >= 0.6 is 0 Å². The molecule has 0 spiro atoms. The van der Waals surface area contributed by atoms with Crippen LogP contribution in [0.5, 0.6) is 0 Å². The first kappa shape index (κ1) is 16.7. The summed E-state index contributed by atoms with van der Waals surface area (Å²) in [5, 5.41) is 0. The molecule has 0 aromatic carbocycles. The molecule has 0 N–H and O–H groups in total. The summed E-state index contributed by atoms with van der Waals surface area (Å²) in [7, 11) is 0. The highest BCUT2D eigenvalue weighted by Crippen LogP contribution is 2.03. The minimum atomic E-state index is -0.214. The molecule has 0 atom stereocenters. The van der Waals surface area contributed by atoms with Crippen molar-refractivity contribution < 1.29 is 14.4 Å². The van der Waals surface area contributed by atoms with Gasteiger partial charge in [-0.2, -0.15) is 0 Å². The Labute approximate surface area is 125 Å². The van der Waals surface area contributed by atoms with Crippen LogP contribution in [0.4, 0.5) is 0 Å². The summed E-state index contributed by atoms with van der Waals surface area (Å²) in [4.78, 5) is 40.1. The molecule has 21 heavy (non-hydrogen) atoms. The second-order valence-electron chi connectivity index (χ2n) is 4.59. The normalized spacial score (nSPS) is 16.3. The average Bonchev–Trinajstić information content (AvgIpc) is 2.62. The summed E-state index contributed by atoms with van der Waals surface area (Å²) in [5.74, 6) is -0.642. The molecule has 6 heteroatoms. The van der Waals surface area contributed by atoms with Crippen molar-refractivity contribution in [3.05, 3.63) is 38.0 Å². The zero-order valence-corrected chi connectivity index (χ0v) is 12.2. The van der Waals surface area contributed by atoms with Gasteiger partial charge in [-0.25, -0.2) is 0 Å². The van der Waals surface area contributed by atoms with Crippen molar-refractivity contribution in [1.82, 2.24) is 14.7 Å². The van der Waals surface area contributed by atoms with Gasteiger partial charge < -0.3 is 14.7 Å². The topological polar surface area (TPSA) is 60.9 Å². The van der Waals surface area contributed by atoms with Crippen LogP contribution < -0.4 is 0 Å². The standard InChI is InChI=1S/C15H21N3O3/c1-4-13(19)16-7-9-17(14(20)5-2)11-12-18(10-8-16)15(21)6-3/h4-6H,1-3,7-12H2. The molecule has 0 saturated carbocycles. The minimum Gasteiger partial charge on any atom is -0.336 e. The van der Waals surface area contributed by atoms with Crippen LogP contribution in [0.1, 0.15) is 0 Å². The summed E-state index contributed by atoms with van der Waals surface area (Å²) in [5.41, 5.74) is 0. The molecule has 0 aromatic rings. The van der Waals surface area contributed by atoms with Crippen molar-refractivity contribution in [2.75, 3.05) is 39.3 Å². The zero-order valence-electron chi connectivity index (χ0n) is 12.2. The van der Waals surface area contributed by atoms with Crippen LogP contribution in [-0.4, -0.2) is 71.7 Å². The van der Waals surface area contributed by atoms with Crippen molar-refractivity contribution >= 4 is 17.7 Å². The average molecular weight is 291 g/mol. The van der Waals surface area contributed by atoms with Crippen LogP contribution in [0.25, 0.3) is 0 Å². The first-order valence-electron chi connectivity index (χ1n) is 6.77. The Morgan fingerprint density at radius 3 is 0.905 bits per heavy atom. The number of carbonyl (C=O) groups excluding carboxylic acids is 3. The summed E-state index contributed by atoms with van der Waals surface area (Å²) in [6, 6.07) is 0. The van der Waals surface area contributed by atoms with E-state index >= 15 is 0 Å². The number of hydrogen-bond acceptors (Lipinski definition) is 3. The third-order valence-corrected chi connectivity index (χ3v) is 3.38. The second kappa shape index (κ2) is 8.04. The maximum Gasteiger partial charge on any atom is 0.246 e. The predicted octanol–water partition coefficient (Wildman–Crippen LogP) is 0.0438. The van der Waals surface area contributed by atoms with Gasteiger partial charge in [-0.3, -0.25) is 14.4 Å². The quantitative estimate of drug-likeness (QED) is 0.690. The maximum absolute atomic E-state index is 11.8. The molecule has 1 saturated heterocycles. The Kier molecular flexibility index (Phi) is 6.39. The molecule has 0 bridgehead atoms. The molecule has 1 aliphatic heterocycles. The molecule has 0 aromatic heterocycles. The van der Waals surface area contributed by atoms with Crippen molar-refractivity contribution in [2.24, 2.45) is 0 Å². The van der Waals surface area contributed by atoms with Crippen LogP contribution in [0, 0.1) is 0 Å². The van der Waals surface area contributed by atoms with E-state index in [1.807, 2.05) is 0 Å². The molecule has 3 amide bonds. The highest BCUT2D eigenvalue weighted by molar-refractivity contribution is 5.89. The Morgan fingerprint density at radius 1 is 0.571 bits per heavy atom. The van der Waals surface area contributed by atoms with Crippen LogP contribution in [-0.2, 0) is 14.4 Å². The third-order valence-electron chi connectivity index (χ3n) is 3.38. The van der Waals surface area contributed by atoms with Crippen molar-refractivity contribution in [3.63, 3.8) is 0 Å². The number of rotatable bonds is 3. The molecule has 114 valence electrons. The lowest BCUT2D eigenvalue weighted by Crippen LogP contribution is -2.40. The van der Waals surface area contributed by atoms with E-state index in [0.29, 0.717) is 39.3 Å². The van der Waals surface area contributed by atoms with E-state index in [9.17, 15) is 14.4 Å². The van der Waals surface area contributed by atoms with Gasteiger partial charge in [0.15, 0.2) is 0 Å². The molecule has 1 rings (SSSR count). The lowest BCUT2D eigenvalue weighted by molar-refractivity contribution is -0.129. The first-order valence-corrected chi connectivity index (χ1v) is 6.77. The Bertz CT molecular complexity index is 381. The summed E-state index contributed by atoms with van der Waals surface area (Å²) >= 11 is 0. The molecule has 1 aliphatic rings. The lowest BCUT2D eigenvalue weighted by atomic mass is 10.4. The molecule has 1 heterocycles. The van der Waals surface area contributed by atoms with E-state index in [4.69, 9.17) is 0 Å². The van der Waals surface area contributed by atoms with Crippen molar-refractivity contribution in [3.8, 4) is 0 Å². The third kappa shape index (κ3) is 4.59. The Hall–Kier alpha value is -2.37. The number of hydrogen-bond donors (Lipinski definition) is 0. The molecular formula is C15H21N3O3. The second-order valence-corrected chi connectivity index (χ2v) is 4.59. The highest BCUT2D eigenvalue weighted by Gasteiger charge is 2.21. The molecule has 0 unspecified atom stereocenters. The SMILES string of the molecule is C=CC(=O)N1CCN(C(=O)C=C)CCN(C(=O)C=C)CC1. The fraction of sp³-hybridized carbons (Fsp3) is 0.400. The van der Waals surface area contributed by atoms with Gasteiger partial charge in [0.25, 0.3) is 0 Å². The molecule has 0 aliphatic carbocycles. The Morgan fingerprint density at radius 2 is 0.762 bits per heavy atom. The number of amides is 3. The summed E-state index contributed by atoms with van der Waals surface area (Å²) in [6.45, 7) is 12.8. The maximum atomic E-state index is 11.8. The molecule has 6 nitrogen and oxygen atoms in total. The number of nitrogens with zero attached hydrogens (tertiary/aromatic N) is 3. The minimum absolute atomic E-state index is 0.214. The summed E-state index contributed by atoms with van der Waals surface area (Å²) in [6.07, 6.45) is 3.70. The number of carbonyl (C=O) groups is 3. The fourth-order valence-corrected chi connectivity index (χ4v) is 2.11. The first-order chi connectivity index (χ1) is 10.0. The van der Waals surface area contributed by atoms with Crippen LogP contribution in [0.15, 0.2) is 38.0 Å². The van der Waals surface area contributed by atoms with E-state index in [0.717, 1.165) is 0 Å². The smallest absolute Gasteiger partial charge is 0.246 e. The predicted molar refractivity (Wildman–Crippen MR) is 80.3 cm³/mol. The molecule has 0 radical (unpaired) electrons. The van der Waals surface area contributed by atoms with E-state index in [-0.39, 0.29) is 17.7 Å². The van der Waals surface area contributed by atoms with E-state index in [1.165, 1.54) is 18.2 Å². The van der Waals surface area contributed by atoms with Gasteiger partial charge in [-0.05, 0) is 18.2 Å². The monoisotopic (exact) mass is 291 g/mol. The van der Waals surface area contributed by atoms with Gasteiger partial charge in [-0.1, -0.05) is 19.7 Å². The molecular weight excluding hydrogens is 270 g/mol. The Balaban J connectivity index is 2.90. The van der Waals surface area contributed by atoms with E-state index < -0.39 is 0 Å². The lowest BCUT2D eigenvalue weighted by Gasteiger charge is -2.24. The van der Waals surface area contributed by atoms with E-state index in [2.05, 4.69) is 19.7 Å². The largest absolute Gasteiger partial charge is 0.336 e. The van der Waals surface area contributed by atoms with Crippen molar-refractivity contribution in [1.29, 1.82) is 0 Å². The van der Waals surface area contributed by atoms with Crippen LogP contribution in [0.2, 0.25) is 0 Å².